The molecule has 34 heavy (non-hydrogen) atoms. The molecule has 2 N–H and O–H groups in total. The Kier molecular flexibility index (Phi) is 5.59. The van der Waals surface area contributed by atoms with Gasteiger partial charge in [-0.05, 0) is 112 Å². The minimum atomic E-state index is -1.17. The van der Waals surface area contributed by atoms with Crippen molar-refractivity contribution >= 4 is 5.78 Å². The van der Waals surface area contributed by atoms with Gasteiger partial charge in [0.25, 0.3) is 0 Å². The van der Waals surface area contributed by atoms with E-state index in [9.17, 15) is 15.0 Å². The maximum absolute atomic E-state index is 12.9. The molecule has 0 radical (unpaired) electrons. The van der Waals surface area contributed by atoms with Crippen molar-refractivity contribution < 1.29 is 19.7 Å². The maximum Gasteiger partial charge on any atom is 0.138 e. The summed E-state index contributed by atoms with van der Waals surface area (Å²) >= 11 is 0. The van der Waals surface area contributed by atoms with E-state index in [1.807, 2.05) is 0 Å². The standard InChI is InChI=1S/C30H50O4/c1-25(2)21-11-16-28(5)22(26(21,3)14-12-23(25)32)9-8-19-20(10-15-27(19,28)4)30(7)17-13-24(34-30)29(6,33)18-31/h19-22,24,31,33H,8-18H2,1-7H3. The molecular formula is C30H50O4. The Labute approximate surface area is 207 Å². The molecule has 1 heterocycles. The van der Waals surface area contributed by atoms with Crippen LogP contribution in [0.1, 0.15) is 113 Å². The lowest BCUT2D eigenvalue weighted by Gasteiger charge is -2.69. The summed E-state index contributed by atoms with van der Waals surface area (Å²) < 4.78 is 6.65. The molecule has 4 saturated carbocycles. The van der Waals surface area contributed by atoms with Crippen LogP contribution in [0.15, 0.2) is 0 Å². The molecule has 0 spiro atoms. The lowest BCUT2D eigenvalue weighted by molar-refractivity contribution is -0.211. The summed E-state index contributed by atoms with van der Waals surface area (Å²) in [5.41, 5.74) is -0.706. The molecule has 0 aromatic rings. The van der Waals surface area contributed by atoms with E-state index in [0.717, 1.165) is 25.7 Å². The quantitative estimate of drug-likeness (QED) is 0.533. The van der Waals surface area contributed by atoms with Gasteiger partial charge >= 0.3 is 0 Å². The van der Waals surface area contributed by atoms with Crippen LogP contribution < -0.4 is 0 Å². The van der Waals surface area contributed by atoms with Gasteiger partial charge in [-0.15, -0.1) is 0 Å². The Hall–Kier alpha value is -0.450. The SMILES string of the molecule is CC(O)(CO)C1CCC(C)(C2CCC3(C)C2CCC2C4(C)CCC(=O)C(C)(C)C4CCC23C)O1. The number of carbonyl (C=O) groups excluding carboxylic acids is 1. The second kappa shape index (κ2) is 7.54. The van der Waals surface area contributed by atoms with Crippen molar-refractivity contribution in [2.24, 2.45) is 45.3 Å². The topological polar surface area (TPSA) is 66.8 Å². The van der Waals surface area contributed by atoms with Crippen LogP contribution in [0, 0.1) is 45.3 Å². The van der Waals surface area contributed by atoms with Crippen LogP contribution in [0.3, 0.4) is 0 Å². The third-order valence-electron chi connectivity index (χ3n) is 13.3. The van der Waals surface area contributed by atoms with E-state index in [2.05, 4.69) is 41.5 Å². The number of ether oxygens (including phenoxy) is 1. The number of rotatable bonds is 3. The molecule has 0 aromatic heterocycles. The van der Waals surface area contributed by atoms with Gasteiger partial charge < -0.3 is 14.9 Å². The first-order valence-corrected chi connectivity index (χ1v) is 14.2. The molecule has 5 aliphatic rings. The largest absolute Gasteiger partial charge is 0.393 e. The van der Waals surface area contributed by atoms with Gasteiger partial charge in [0.1, 0.15) is 11.4 Å². The Morgan fingerprint density at radius 3 is 2.21 bits per heavy atom. The van der Waals surface area contributed by atoms with Crippen molar-refractivity contribution in [3.05, 3.63) is 0 Å². The van der Waals surface area contributed by atoms with Gasteiger partial charge in [-0.3, -0.25) is 4.79 Å². The van der Waals surface area contributed by atoms with E-state index in [-0.39, 0.29) is 29.1 Å². The Morgan fingerprint density at radius 1 is 0.853 bits per heavy atom. The Bertz CT molecular complexity index is 849. The normalized spacial score (nSPS) is 54.1. The van der Waals surface area contributed by atoms with Gasteiger partial charge in [-0.1, -0.05) is 34.6 Å². The maximum atomic E-state index is 12.9. The molecular weight excluding hydrogens is 424 g/mol. The first-order chi connectivity index (χ1) is 15.7. The van der Waals surface area contributed by atoms with E-state index in [1.54, 1.807) is 6.92 Å². The summed E-state index contributed by atoms with van der Waals surface area (Å²) in [6.07, 6.45) is 10.8. The molecule has 0 aromatic carbocycles. The first kappa shape index (κ1) is 25.2. The molecule has 194 valence electrons. The number of hydrogen-bond acceptors (Lipinski definition) is 4. The number of aliphatic hydroxyl groups excluding tert-OH is 1. The molecule has 5 rings (SSSR count). The molecule has 0 amide bonds. The average molecular weight is 475 g/mol. The highest BCUT2D eigenvalue weighted by molar-refractivity contribution is 5.85. The van der Waals surface area contributed by atoms with E-state index in [1.165, 1.54) is 38.5 Å². The van der Waals surface area contributed by atoms with Crippen molar-refractivity contribution in [3.8, 4) is 0 Å². The van der Waals surface area contributed by atoms with E-state index >= 15 is 0 Å². The number of carbonyl (C=O) groups is 1. The predicted octanol–water partition coefficient (Wildman–Crippen LogP) is 5.92. The number of fused-ring (bicyclic) bond motifs is 5. The summed E-state index contributed by atoms with van der Waals surface area (Å²) in [5.74, 6) is 2.85. The minimum Gasteiger partial charge on any atom is -0.393 e. The van der Waals surface area contributed by atoms with Crippen LogP contribution >= 0.6 is 0 Å². The summed E-state index contributed by atoms with van der Waals surface area (Å²) in [6, 6.07) is 0. The fourth-order valence-electron chi connectivity index (χ4n) is 10.9. The molecule has 0 bridgehead atoms. The van der Waals surface area contributed by atoms with Gasteiger partial charge in [-0.25, -0.2) is 0 Å². The second-order valence-corrected chi connectivity index (χ2v) is 14.9. The molecule has 10 unspecified atom stereocenters. The van der Waals surface area contributed by atoms with Crippen molar-refractivity contribution in [2.75, 3.05) is 6.61 Å². The fraction of sp³-hybridized carbons (Fsp3) is 0.967. The summed E-state index contributed by atoms with van der Waals surface area (Å²) in [5, 5.41) is 20.4. The van der Waals surface area contributed by atoms with Crippen molar-refractivity contribution in [1.82, 2.24) is 0 Å². The summed E-state index contributed by atoms with van der Waals surface area (Å²) in [6.45, 7) is 16.0. The van der Waals surface area contributed by atoms with Gasteiger partial charge in [0.15, 0.2) is 0 Å². The Morgan fingerprint density at radius 2 is 1.53 bits per heavy atom. The lowest BCUT2D eigenvalue weighted by atomic mass is 9.35. The molecule has 4 heteroatoms. The summed E-state index contributed by atoms with van der Waals surface area (Å²) in [7, 11) is 0. The van der Waals surface area contributed by atoms with Crippen LogP contribution in [0.5, 0.6) is 0 Å². The molecule has 10 atom stereocenters. The Balaban J connectivity index is 1.43. The molecule has 4 nitrogen and oxygen atoms in total. The number of ketones is 1. The van der Waals surface area contributed by atoms with E-state index in [0.29, 0.717) is 40.3 Å². The van der Waals surface area contributed by atoms with Crippen LogP contribution in [-0.4, -0.2) is 39.9 Å². The van der Waals surface area contributed by atoms with Crippen LogP contribution in [0.25, 0.3) is 0 Å². The third kappa shape index (κ3) is 3.09. The van der Waals surface area contributed by atoms with Gasteiger partial charge in [-0.2, -0.15) is 0 Å². The highest BCUT2D eigenvalue weighted by Crippen LogP contribution is 2.75. The molecule has 4 aliphatic carbocycles. The van der Waals surface area contributed by atoms with E-state index < -0.39 is 5.60 Å². The zero-order chi connectivity index (χ0) is 24.9. The zero-order valence-corrected chi connectivity index (χ0v) is 22.9. The number of aliphatic hydroxyl groups is 2. The third-order valence-corrected chi connectivity index (χ3v) is 13.3. The highest BCUT2D eigenvalue weighted by Gasteiger charge is 2.70. The fourth-order valence-corrected chi connectivity index (χ4v) is 10.9. The monoisotopic (exact) mass is 474 g/mol. The highest BCUT2D eigenvalue weighted by atomic mass is 16.5. The average Bonchev–Trinajstić information content (AvgIpc) is 3.34. The van der Waals surface area contributed by atoms with Crippen LogP contribution in [0.2, 0.25) is 0 Å². The first-order valence-electron chi connectivity index (χ1n) is 14.2. The van der Waals surface area contributed by atoms with Gasteiger partial charge in [0, 0.05) is 11.8 Å². The van der Waals surface area contributed by atoms with Crippen molar-refractivity contribution in [3.63, 3.8) is 0 Å². The van der Waals surface area contributed by atoms with Crippen LogP contribution in [0.4, 0.5) is 0 Å². The minimum absolute atomic E-state index is 0.186. The lowest BCUT2D eigenvalue weighted by Crippen LogP contribution is -2.63. The number of Topliss-reactive ketones (excluding diaryl/α,β-unsaturated/α-hetero) is 1. The zero-order valence-electron chi connectivity index (χ0n) is 22.9. The van der Waals surface area contributed by atoms with Gasteiger partial charge in [0.2, 0.25) is 0 Å². The second-order valence-electron chi connectivity index (χ2n) is 14.9. The molecule has 1 saturated heterocycles. The number of hydrogen-bond donors (Lipinski definition) is 2. The van der Waals surface area contributed by atoms with Crippen molar-refractivity contribution in [1.29, 1.82) is 0 Å². The van der Waals surface area contributed by atoms with E-state index in [4.69, 9.17) is 4.74 Å². The van der Waals surface area contributed by atoms with Gasteiger partial charge in [0.05, 0.1) is 18.3 Å². The summed E-state index contributed by atoms with van der Waals surface area (Å²) in [4.78, 5) is 12.9. The van der Waals surface area contributed by atoms with Crippen LogP contribution in [-0.2, 0) is 9.53 Å². The molecule has 1 aliphatic heterocycles. The predicted molar refractivity (Wildman–Crippen MR) is 134 cm³/mol. The molecule has 5 fully saturated rings. The smallest absolute Gasteiger partial charge is 0.138 e. The van der Waals surface area contributed by atoms with Crippen molar-refractivity contribution in [2.45, 2.75) is 130 Å².